The van der Waals surface area contributed by atoms with Crippen molar-refractivity contribution >= 4 is 17.9 Å². The molecule has 3 N–H and O–H groups in total. The molecule has 2 aliphatic heterocycles. The van der Waals surface area contributed by atoms with Crippen LogP contribution in [0.2, 0.25) is 0 Å². The second kappa shape index (κ2) is 10.3. The Morgan fingerprint density at radius 3 is 2.20 bits per heavy atom. The van der Waals surface area contributed by atoms with Crippen LogP contribution in [0.25, 0.3) is 0 Å². The van der Waals surface area contributed by atoms with Gasteiger partial charge in [0.25, 0.3) is 5.97 Å². The lowest BCUT2D eigenvalue weighted by molar-refractivity contribution is -0.435. The van der Waals surface area contributed by atoms with Gasteiger partial charge in [0.15, 0.2) is 0 Å². The summed E-state index contributed by atoms with van der Waals surface area (Å²) in [5, 5.41) is 36.0. The van der Waals surface area contributed by atoms with Crippen LogP contribution in [0, 0.1) is 16.7 Å². The maximum atomic E-state index is 13.8. The van der Waals surface area contributed by atoms with Gasteiger partial charge in [0, 0.05) is 33.1 Å². The fraction of sp³-hybridized carbons (Fsp3) is 0.667. The SMILES string of the molecule is CC(=O)O[C@H]1C[C@H](OC(C)=O)[C@]2(C)[C@@H]3[C@H](O[C@]4(C)OC[C@]13O4)[C@]1(C(C)(C)O)C[C@H](O)C(C)=C1[C@@H](O)[C@@H]2OC(=O)c1ccccc1. The third kappa shape index (κ3) is 4.44. The van der Waals surface area contributed by atoms with Crippen molar-refractivity contribution in [3.8, 4) is 0 Å². The number of benzene rings is 1. The zero-order chi connectivity index (χ0) is 32.9. The summed E-state index contributed by atoms with van der Waals surface area (Å²) >= 11 is 0. The summed E-state index contributed by atoms with van der Waals surface area (Å²) in [7, 11) is 0. The number of ether oxygens (including phenoxy) is 6. The molecule has 1 aromatic rings. The maximum Gasteiger partial charge on any atom is 0.338 e. The van der Waals surface area contributed by atoms with Crippen LogP contribution in [-0.2, 0) is 38.0 Å². The molecule has 6 rings (SSSR count). The van der Waals surface area contributed by atoms with Crippen molar-refractivity contribution in [3.05, 3.63) is 47.0 Å². The van der Waals surface area contributed by atoms with E-state index in [9.17, 15) is 29.7 Å². The molecule has 2 heterocycles. The van der Waals surface area contributed by atoms with Crippen molar-refractivity contribution in [2.45, 2.75) is 115 Å². The van der Waals surface area contributed by atoms with E-state index in [0.29, 0.717) is 5.57 Å². The number of carbonyl (C=O) groups is 3. The van der Waals surface area contributed by atoms with Crippen molar-refractivity contribution in [1.82, 2.24) is 0 Å². The molecule has 2 saturated carbocycles. The molecule has 11 atom stereocenters. The van der Waals surface area contributed by atoms with Gasteiger partial charge in [-0.25, -0.2) is 4.79 Å². The van der Waals surface area contributed by atoms with Crippen LogP contribution in [0.1, 0.15) is 71.7 Å². The predicted octanol–water partition coefficient (Wildman–Crippen LogP) is 2.17. The monoisotopic (exact) mass is 630 g/mol. The molecule has 0 aromatic heterocycles. The molecule has 1 aromatic carbocycles. The maximum absolute atomic E-state index is 13.8. The molecule has 0 unspecified atom stereocenters. The Bertz CT molecular complexity index is 1430. The third-order valence-electron chi connectivity index (χ3n) is 11.0. The summed E-state index contributed by atoms with van der Waals surface area (Å²) in [6.45, 7) is 10.5. The quantitative estimate of drug-likeness (QED) is 0.247. The van der Waals surface area contributed by atoms with E-state index in [1.807, 2.05) is 0 Å². The van der Waals surface area contributed by atoms with Gasteiger partial charge in [0.1, 0.15) is 30.0 Å². The number of aliphatic hydroxyl groups is 3. The fourth-order valence-corrected chi connectivity index (χ4v) is 9.18. The molecule has 3 aliphatic carbocycles. The molecule has 12 nitrogen and oxygen atoms in total. The van der Waals surface area contributed by atoms with Crippen LogP contribution in [0.3, 0.4) is 0 Å². The highest BCUT2D eigenvalue weighted by molar-refractivity contribution is 5.89. The Hall–Kier alpha value is -2.87. The van der Waals surface area contributed by atoms with Crippen molar-refractivity contribution in [2.75, 3.05) is 6.61 Å². The first-order valence-electron chi connectivity index (χ1n) is 15.3. The molecule has 4 fully saturated rings. The minimum atomic E-state index is -1.66. The summed E-state index contributed by atoms with van der Waals surface area (Å²) in [5.41, 5.74) is -5.19. The van der Waals surface area contributed by atoms with Gasteiger partial charge in [0.05, 0.1) is 40.8 Å². The average molecular weight is 631 g/mol. The number of hydrogen-bond acceptors (Lipinski definition) is 12. The van der Waals surface area contributed by atoms with E-state index in [2.05, 4.69) is 0 Å². The van der Waals surface area contributed by atoms with E-state index in [1.165, 1.54) is 13.8 Å². The molecule has 246 valence electrons. The van der Waals surface area contributed by atoms with E-state index in [1.54, 1.807) is 65.0 Å². The minimum absolute atomic E-state index is 0.0477. The second-order valence-corrected chi connectivity index (χ2v) is 14.0. The molecule has 5 aliphatic rings. The standard InChI is InChI=1S/C33H42O12/c1-16-20(36)14-32(29(4,5)39)23(16)24(37)26(43-28(38)19-11-9-8-10-12-19)30(6)21(41-17(2)34)13-22(42-18(3)35)33-15-40-31(7,45-33)44-27(32)25(30)33/h8-12,20-22,24-27,36-37,39H,13-15H2,1-7H3/t20-,21-,22-,24+,25-,26-,27-,30+,31-,32-,33-/m0/s1. The summed E-state index contributed by atoms with van der Waals surface area (Å²) in [6, 6.07) is 8.26. The van der Waals surface area contributed by atoms with Crippen molar-refractivity contribution < 1.29 is 58.1 Å². The van der Waals surface area contributed by atoms with Crippen LogP contribution in [0.15, 0.2) is 41.5 Å². The van der Waals surface area contributed by atoms with Crippen LogP contribution >= 0.6 is 0 Å². The molecule has 2 saturated heterocycles. The minimum Gasteiger partial charge on any atom is -0.462 e. The number of carbonyl (C=O) groups excluding carboxylic acids is 3. The topological polar surface area (TPSA) is 167 Å². The highest BCUT2D eigenvalue weighted by Gasteiger charge is 2.82. The predicted molar refractivity (Wildman–Crippen MR) is 154 cm³/mol. The van der Waals surface area contributed by atoms with E-state index < -0.39 is 88.5 Å². The number of rotatable bonds is 5. The van der Waals surface area contributed by atoms with Crippen LogP contribution in [0.5, 0.6) is 0 Å². The number of fused-ring (bicyclic) bond motifs is 3. The Morgan fingerprint density at radius 1 is 0.978 bits per heavy atom. The number of hydrogen-bond donors (Lipinski definition) is 3. The first-order valence-corrected chi connectivity index (χ1v) is 15.3. The van der Waals surface area contributed by atoms with Gasteiger partial charge in [-0.3, -0.25) is 9.59 Å². The second-order valence-electron chi connectivity index (χ2n) is 14.0. The van der Waals surface area contributed by atoms with Crippen LogP contribution in [0.4, 0.5) is 0 Å². The van der Waals surface area contributed by atoms with E-state index in [-0.39, 0.29) is 30.6 Å². The van der Waals surface area contributed by atoms with Crippen LogP contribution < -0.4 is 0 Å². The number of esters is 3. The molecular weight excluding hydrogens is 588 g/mol. The lowest BCUT2D eigenvalue weighted by Gasteiger charge is -2.63. The van der Waals surface area contributed by atoms with Gasteiger partial charge >= 0.3 is 17.9 Å². The summed E-state index contributed by atoms with van der Waals surface area (Å²) in [5.74, 6) is -4.65. The van der Waals surface area contributed by atoms with Crippen molar-refractivity contribution in [2.24, 2.45) is 16.7 Å². The zero-order valence-corrected chi connectivity index (χ0v) is 26.6. The summed E-state index contributed by atoms with van der Waals surface area (Å²) in [4.78, 5) is 39.0. The normalized spacial score (nSPS) is 43.6. The molecular formula is C33H42O12. The molecule has 45 heavy (non-hydrogen) atoms. The van der Waals surface area contributed by atoms with Gasteiger partial charge in [-0.1, -0.05) is 25.1 Å². The Balaban J connectivity index is 1.67. The largest absolute Gasteiger partial charge is 0.462 e. The Morgan fingerprint density at radius 2 is 1.60 bits per heavy atom. The lowest BCUT2D eigenvalue weighted by Crippen LogP contribution is -2.76. The van der Waals surface area contributed by atoms with Gasteiger partial charge in [-0.15, -0.1) is 0 Å². The summed E-state index contributed by atoms with van der Waals surface area (Å²) < 4.78 is 37.6. The van der Waals surface area contributed by atoms with E-state index >= 15 is 0 Å². The first kappa shape index (κ1) is 32.1. The summed E-state index contributed by atoms with van der Waals surface area (Å²) in [6.07, 6.45) is -7.42. The zero-order valence-electron chi connectivity index (χ0n) is 26.6. The van der Waals surface area contributed by atoms with E-state index in [0.717, 1.165) is 0 Å². The Kier molecular flexibility index (Phi) is 7.36. The highest BCUT2D eigenvalue weighted by Crippen LogP contribution is 2.70. The fourth-order valence-electron chi connectivity index (χ4n) is 9.18. The Labute approximate surface area is 261 Å². The smallest absolute Gasteiger partial charge is 0.338 e. The molecule has 0 amide bonds. The van der Waals surface area contributed by atoms with Gasteiger partial charge in [-0.05, 0) is 50.5 Å². The highest BCUT2D eigenvalue weighted by atomic mass is 16.9. The molecule has 2 bridgehead atoms. The van der Waals surface area contributed by atoms with Crippen LogP contribution in [-0.4, -0.2) is 93.6 Å². The first-order chi connectivity index (χ1) is 20.9. The third-order valence-corrected chi connectivity index (χ3v) is 11.0. The van der Waals surface area contributed by atoms with Gasteiger partial charge in [0.2, 0.25) is 0 Å². The van der Waals surface area contributed by atoms with Crippen molar-refractivity contribution in [1.29, 1.82) is 0 Å². The number of aliphatic hydroxyl groups excluding tert-OH is 2. The van der Waals surface area contributed by atoms with Gasteiger partial charge < -0.3 is 43.7 Å². The van der Waals surface area contributed by atoms with E-state index in [4.69, 9.17) is 28.4 Å². The molecule has 0 radical (unpaired) electrons. The average Bonchev–Trinajstić information content (AvgIpc) is 3.36. The van der Waals surface area contributed by atoms with Crippen molar-refractivity contribution in [3.63, 3.8) is 0 Å². The molecule has 1 spiro atoms. The van der Waals surface area contributed by atoms with Gasteiger partial charge in [-0.2, -0.15) is 0 Å². The lowest BCUT2D eigenvalue weighted by atomic mass is 9.50. The molecule has 12 heteroatoms.